The monoisotopic (exact) mass is 212 g/mol. The van der Waals surface area contributed by atoms with Crippen LogP contribution in [0.2, 0.25) is 0 Å². The predicted octanol–water partition coefficient (Wildman–Crippen LogP) is 3.67. The van der Waals surface area contributed by atoms with Gasteiger partial charge in [-0.2, -0.15) is 0 Å². The molecule has 1 aliphatic rings. The SMILES string of the molecule is C=CCCCCCCCCC1OCCO1. The van der Waals surface area contributed by atoms with Gasteiger partial charge in [0.2, 0.25) is 0 Å². The molecule has 0 unspecified atom stereocenters. The Hall–Kier alpha value is -0.340. The lowest BCUT2D eigenvalue weighted by atomic mass is 10.1. The highest BCUT2D eigenvalue weighted by atomic mass is 16.7. The molecule has 88 valence electrons. The molecule has 0 aliphatic carbocycles. The molecular formula is C13H24O2. The van der Waals surface area contributed by atoms with Crippen molar-refractivity contribution < 1.29 is 9.47 Å². The van der Waals surface area contributed by atoms with Crippen molar-refractivity contribution in [3.05, 3.63) is 12.7 Å². The van der Waals surface area contributed by atoms with Crippen molar-refractivity contribution in [3.8, 4) is 0 Å². The number of rotatable bonds is 9. The lowest BCUT2D eigenvalue weighted by Gasteiger charge is -2.07. The largest absolute Gasteiger partial charge is 0.350 e. The molecular weight excluding hydrogens is 188 g/mol. The van der Waals surface area contributed by atoms with Gasteiger partial charge < -0.3 is 9.47 Å². The molecule has 0 aromatic heterocycles. The topological polar surface area (TPSA) is 18.5 Å². The Kier molecular flexibility index (Phi) is 7.58. The number of unbranched alkanes of at least 4 members (excludes halogenated alkanes) is 6. The van der Waals surface area contributed by atoms with Crippen molar-refractivity contribution in [3.63, 3.8) is 0 Å². The smallest absolute Gasteiger partial charge is 0.157 e. The molecule has 0 amide bonds. The molecule has 0 radical (unpaired) electrons. The van der Waals surface area contributed by atoms with E-state index in [1.165, 1.54) is 44.9 Å². The molecule has 0 spiro atoms. The molecule has 0 bridgehead atoms. The lowest BCUT2D eigenvalue weighted by Crippen LogP contribution is -2.06. The van der Waals surface area contributed by atoms with Gasteiger partial charge in [0.1, 0.15) is 0 Å². The second kappa shape index (κ2) is 8.93. The van der Waals surface area contributed by atoms with E-state index in [9.17, 15) is 0 Å². The van der Waals surface area contributed by atoms with Crippen LogP contribution in [0.3, 0.4) is 0 Å². The number of allylic oxidation sites excluding steroid dienone is 1. The van der Waals surface area contributed by atoms with Crippen molar-refractivity contribution in [1.82, 2.24) is 0 Å². The zero-order chi connectivity index (χ0) is 10.8. The fourth-order valence-electron chi connectivity index (χ4n) is 1.88. The molecule has 1 saturated heterocycles. The van der Waals surface area contributed by atoms with E-state index >= 15 is 0 Å². The summed E-state index contributed by atoms with van der Waals surface area (Å²) >= 11 is 0. The lowest BCUT2D eigenvalue weighted by molar-refractivity contribution is -0.0480. The minimum Gasteiger partial charge on any atom is -0.350 e. The standard InChI is InChI=1S/C13H24O2/c1-2-3-4-5-6-7-8-9-10-13-14-11-12-15-13/h2,13H,1,3-12H2. The Labute approximate surface area is 93.7 Å². The average molecular weight is 212 g/mol. The Morgan fingerprint density at radius 1 is 0.933 bits per heavy atom. The highest BCUT2D eigenvalue weighted by molar-refractivity contribution is 4.65. The predicted molar refractivity (Wildman–Crippen MR) is 62.8 cm³/mol. The second-order valence-corrected chi connectivity index (χ2v) is 4.16. The van der Waals surface area contributed by atoms with Gasteiger partial charge in [-0.15, -0.1) is 6.58 Å². The maximum atomic E-state index is 5.38. The summed E-state index contributed by atoms with van der Waals surface area (Å²) in [5, 5.41) is 0. The molecule has 0 atom stereocenters. The van der Waals surface area contributed by atoms with Crippen LogP contribution in [0.4, 0.5) is 0 Å². The van der Waals surface area contributed by atoms with Crippen LogP contribution in [0.1, 0.15) is 51.4 Å². The first kappa shape index (κ1) is 12.7. The van der Waals surface area contributed by atoms with Gasteiger partial charge in [-0.1, -0.05) is 31.8 Å². The quantitative estimate of drug-likeness (QED) is 0.429. The third kappa shape index (κ3) is 6.69. The fourth-order valence-corrected chi connectivity index (χ4v) is 1.88. The first-order valence-corrected chi connectivity index (χ1v) is 6.27. The van der Waals surface area contributed by atoms with Crippen LogP contribution < -0.4 is 0 Å². The summed E-state index contributed by atoms with van der Waals surface area (Å²) < 4.78 is 10.8. The number of hydrogen-bond acceptors (Lipinski definition) is 2. The summed E-state index contributed by atoms with van der Waals surface area (Å²) in [6.07, 6.45) is 12.3. The summed E-state index contributed by atoms with van der Waals surface area (Å²) in [7, 11) is 0. The Balaban J connectivity index is 1.74. The average Bonchev–Trinajstić information content (AvgIpc) is 2.75. The van der Waals surface area contributed by atoms with Gasteiger partial charge in [0, 0.05) is 0 Å². The minimum atomic E-state index is 0.103. The summed E-state index contributed by atoms with van der Waals surface area (Å²) in [6.45, 7) is 5.29. The number of ether oxygens (including phenoxy) is 2. The van der Waals surface area contributed by atoms with E-state index in [0.29, 0.717) is 0 Å². The first-order valence-electron chi connectivity index (χ1n) is 6.27. The third-order valence-corrected chi connectivity index (χ3v) is 2.79. The zero-order valence-corrected chi connectivity index (χ0v) is 9.75. The first-order chi connectivity index (χ1) is 7.43. The van der Waals surface area contributed by atoms with Crippen LogP contribution in [-0.2, 0) is 9.47 Å². The summed E-state index contributed by atoms with van der Waals surface area (Å²) in [6, 6.07) is 0. The van der Waals surface area contributed by atoms with Gasteiger partial charge in [0.25, 0.3) is 0 Å². The van der Waals surface area contributed by atoms with Crippen molar-refractivity contribution in [1.29, 1.82) is 0 Å². The molecule has 15 heavy (non-hydrogen) atoms. The highest BCUT2D eigenvalue weighted by Crippen LogP contribution is 2.14. The summed E-state index contributed by atoms with van der Waals surface area (Å²) in [5.74, 6) is 0. The fraction of sp³-hybridized carbons (Fsp3) is 0.846. The molecule has 1 rings (SSSR count). The van der Waals surface area contributed by atoms with E-state index in [2.05, 4.69) is 6.58 Å². The molecule has 0 N–H and O–H groups in total. The molecule has 0 saturated carbocycles. The van der Waals surface area contributed by atoms with Gasteiger partial charge in [-0.05, 0) is 25.7 Å². The van der Waals surface area contributed by atoms with Crippen LogP contribution in [-0.4, -0.2) is 19.5 Å². The van der Waals surface area contributed by atoms with Crippen LogP contribution in [0.25, 0.3) is 0 Å². The van der Waals surface area contributed by atoms with Crippen molar-refractivity contribution in [2.45, 2.75) is 57.7 Å². The van der Waals surface area contributed by atoms with Gasteiger partial charge in [-0.3, -0.25) is 0 Å². The van der Waals surface area contributed by atoms with Crippen molar-refractivity contribution >= 4 is 0 Å². The minimum absolute atomic E-state index is 0.103. The van der Waals surface area contributed by atoms with E-state index in [4.69, 9.17) is 9.47 Å². The van der Waals surface area contributed by atoms with E-state index < -0.39 is 0 Å². The van der Waals surface area contributed by atoms with E-state index in [1.54, 1.807) is 0 Å². The zero-order valence-electron chi connectivity index (χ0n) is 9.75. The van der Waals surface area contributed by atoms with E-state index in [1.807, 2.05) is 6.08 Å². The Morgan fingerprint density at radius 3 is 2.20 bits per heavy atom. The second-order valence-electron chi connectivity index (χ2n) is 4.16. The molecule has 2 nitrogen and oxygen atoms in total. The third-order valence-electron chi connectivity index (χ3n) is 2.79. The van der Waals surface area contributed by atoms with Crippen LogP contribution in [0.5, 0.6) is 0 Å². The van der Waals surface area contributed by atoms with Crippen molar-refractivity contribution in [2.24, 2.45) is 0 Å². The van der Waals surface area contributed by atoms with Crippen LogP contribution in [0.15, 0.2) is 12.7 Å². The van der Waals surface area contributed by atoms with Gasteiger partial charge in [0.15, 0.2) is 6.29 Å². The molecule has 0 aromatic carbocycles. The van der Waals surface area contributed by atoms with Crippen LogP contribution >= 0.6 is 0 Å². The Bertz CT molecular complexity index is 151. The van der Waals surface area contributed by atoms with Gasteiger partial charge >= 0.3 is 0 Å². The van der Waals surface area contributed by atoms with E-state index in [0.717, 1.165) is 19.6 Å². The maximum Gasteiger partial charge on any atom is 0.157 e. The molecule has 0 aromatic rings. The van der Waals surface area contributed by atoms with E-state index in [-0.39, 0.29) is 6.29 Å². The summed E-state index contributed by atoms with van der Waals surface area (Å²) in [4.78, 5) is 0. The Morgan fingerprint density at radius 2 is 1.53 bits per heavy atom. The molecule has 2 heteroatoms. The van der Waals surface area contributed by atoms with Gasteiger partial charge in [0.05, 0.1) is 13.2 Å². The van der Waals surface area contributed by atoms with Crippen molar-refractivity contribution in [2.75, 3.05) is 13.2 Å². The summed E-state index contributed by atoms with van der Waals surface area (Å²) in [5.41, 5.74) is 0. The highest BCUT2D eigenvalue weighted by Gasteiger charge is 2.14. The molecule has 1 aliphatic heterocycles. The van der Waals surface area contributed by atoms with Crippen LogP contribution in [0, 0.1) is 0 Å². The van der Waals surface area contributed by atoms with Gasteiger partial charge in [-0.25, -0.2) is 0 Å². The normalized spacial score (nSPS) is 17.1. The number of hydrogen-bond donors (Lipinski definition) is 0. The maximum absolute atomic E-state index is 5.38. The molecule has 1 heterocycles. The molecule has 1 fully saturated rings.